The standard InChI is InChI=1S/C5H3F3I2N2/c6-5(7,8)1-12-2-11-3(9)4(12)10/h2H,1H2. The molecule has 1 rings (SSSR count). The van der Waals surface area contributed by atoms with Crippen molar-refractivity contribution in [2.24, 2.45) is 0 Å². The predicted octanol–water partition coefficient (Wildman–Crippen LogP) is 2.65. The average Bonchev–Trinajstić information content (AvgIpc) is 2.16. The van der Waals surface area contributed by atoms with Crippen LogP contribution in [0.2, 0.25) is 0 Å². The van der Waals surface area contributed by atoms with E-state index in [-0.39, 0.29) is 0 Å². The second-order valence-corrected chi connectivity index (χ2v) is 4.11. The van der Waals surface area contributed by atoms with Crippen molar-refractivity contribution in [3.63, 3.8) is 0 Å². The monoisotopic (exact) mass is 402 g/mol. The summed E-state index contributed by atoms with van der Waals surface area (Å²) in [5.74, 6) is 0. The van der Waals surface area contributed by atoms with E-state index in [2.05, 4.69) is 4.98 Å². The summed E-state index contributed by atoms with van der Waals surface area (Å²) < 4.78 is 37.8. The van der Waals surface area contributed by atoms with Gasteiger partial charge in [0.1, 0.15) is 13.9 Å². The summed E-state index contributed by atoms with van der Waals surface area (Å²) in [6, 6.07) is 0. The van der Waals surface area contributed by atoms with Gasteiger partial charge in [-0.3, -0.25) is 0 Å². The molecule has 0 spiro atoms. The first-order valence-corrected chi connectivity index (χ1v) is 4.99. The van der Waals surface area contributed by atoms with Crippen LogP contribution >= 0.6 is 45.2 Å². The molecule has 1 aromatic rings. The highest BCUT2D eigenvalue weighted by Gasteiger charge is 2.28. The molecule has 0 amide bonds. The van der Waals surface area contributed by atoms with Crippen LogP contribution in [0.25, 0.3) is 0 Å². The molecule has 0 aromatic carbocycles. The minimum atomic E-state index is -4.18. The Morgan fingerprint density at radius 1 is 1.42 bits per heavy atom. The normalized spacial score (nSPS) is 12.1. The molecule has 2 nitrogen and oxygen atoms in total. The summed E-state index contributed by atoms with van der Waals surface area (Å²) in [6.07, 6.45) is -2.99. The Hall–Kier alpha value is 0.460. The van der Waals surface area contributed by atoms with Gasteiger partial charge in [0, 0.05) is 0 Å². The summed E-state index contributed by atoms with van der Waals surface area (Å²) in [6.45, 7) is -0.971. The van der Waals surface area contributed by atoms with E-state index in [4.69, 9.17) is 0 Å². The maximum Gasteiger partial charge on any atom is 0.406 e. The van der Waals surface area contributed by atoms with Crippen molar-refractivity contribution in [2.45, 2.75) is 12.7 Å². The van der Waals surface area contributed by atoms with Crippen LogP contribution in [0.1, 0.15) is 0 Å². The predicted molar refractivity (Wildman–Crippen MR) is 53.7 cm³/mol. The van der Waals surface area contributed by atoms with Crippen molar-refractivity contribution in [1.29, 1.82) is 0 Å². The Labute approximate surface area is 93.8 Å². The van der Waals surface area contributed by atoms with Crippen molar-refractivity contribution in [3.05, 3.63) is 13.7 Å². The molecule has 0 saturated carbocycles. The summed E-state index contributed by atoms with van der Waals surface area (Å²) in [5, 5.41) is 0. The Bertz CT molecular complexity index is 281. The highest BCUT2D eigenvalue weighted by atomic mass is 127. The van der Waals surface area contributed by atoms with Crippen LogP contribution in [0.5, 0.6) is 0 Å². The maximum atomic E-state index is 11.9. The second kappa shape index (κ2) is 3.68. The van der Waals surface area contributed by atoms with Gasteiger partial charge in [-0.15, -0.1) is 0 Å². The minimum absolute atomic E-state index is 0.519. The number of aromatic nitrogens is 2. The average molecular weight is 402 g/mol. The van der Waals surface area contributed by atoms with Gasteiger partial charge in [0.25, 0.3) is 0 Å². The molecule has 0 unspecified atom stereocenters. The molecule has 1 aromatic heterocycles. The van der Waals surface area contributed by atoms with Gasteiger partial charge in [0.2, 0.25) is 0 Å². The van der Waals surface area contributed by atoms with Crippen LogP contribution in [-0.4, -0.2) is 15.7 Å². The summed E-state index contributed by atoms with van der Waals surface area (Å²) in [7, 11) is 0. The van der Waals surface area contributed by atoms with E-state index in [9.17, 15) is 13.2 Å². The lowest BCUT2D eigenvalue weighted by atomic mass is 10.6. The quantitative estimate of drug-likeness (QED) is 0.661. The van der Waals surface area contributed by atoms with E-state index in [1.807, 2.05) is 45.2 Å². The topological polar surface area (TPSA) is 17.8 Å². The van der Waals surface area contributed by atoms with Crippen LogP contribution in [0.3, 0.4) is 0 Å². The highest BCUT2D eigenvalue weighted by molar-refractivity contribution is 14.1. The Morgan fingerprint density at radius 3 is 2.33 bits per heavy atom. The fourth-order valence-electron chi connectivity index (χ4n) is 0.646. The SMILES string of the molecule is FC(F)(F)Cn1cnc(I)c1I. The number of hydrogen-bond acceptors (Lipinski definition) is 1. The van der Waals surface area contributed by atoms with E-state index in [1.54, 1.807) is 0 Å². The van der Waals surface area contributed by atoms with E-state index in [1.165, 1.54) is 6.33 Å². The number of halogens is 5. The third-order valence-electron chi connectivity index (χ3n) is 1.08. The number of nitrogens with zero attached hydrogens (tertiary/aromatic N) is 2. The molecule has 12 heavy (non-hydrogen) atoms. The fourth-order valence-corrected chi connectivity index (χ4v) is 1.52. The number of rotatable bonds is 1. The molecule has 0 aliphatic rings. The molecule has 68 valence electrons. The van der Waals surface area contributed by atoms with E-state index < -0.39 is 12.7 Å². The van der Waals surface area contributed by atoms with Gasteiger partial charge in [0.15, 0.2) is 0 Å². The Morgan fingerprint density at radius 2 is 2.00 bits per heavy atom. The Kier molecular flexibility index (Phi) is 3.23. The maximum absolute atomic E-state index is 11.9. The molecule has 0 atom stereocenters. The minimum Gasteiger partial charge on any atom is -0.316 e. The molecular weight excluding hydrogens is 399 g/mol. The fraction of sp³-hybridized carbons (Fsp3) is 0.400. The van der Waals surface area contributed by atoms with E-state index >= 15 is 0 Å². The number of hydrogen-bond donors (Lipinski definition) is 0. The lowest BCUT2D eigenvalue weighted by Gasteiger charge is -2.07. The van der Waals surface area contributed by atoms with Crippen LogP contribution in [0, 0.1) is 7.40 Å². The molecule has 0 aliphatic carbocycles. The zero-order valence-corrected chi connectivity index (χ0v) is 9.88. The lowest BCUT2D eigenvalue weighted by molar-refractivity contribution is -0.141. The molecule has 0 saturated heterocycles. The van der Waals surface area contributed by atoms with Gasteiger partial charge in [-0.1, -0.05) is 0 Å². The molecule has 7 heteroatoms. The van der Waals surface area contributed by atoms with Gasteiger partial charge >= 0.3 is 6.18 Å². The Balaban J connectivity index is 2.83. The first-order chi connectivity index (χ1) is 5.40. The van der Waals surface area contributed by atoms with Crippen LogP contribution in [0.4, 0.5) is 13.2 Å². The molecule has 0 N–H and O–H groups in total. The highest BCUT2D eigenvalue weighted by Crippen LogP contribution is 2.21. The first kappa shape index (κ1) is 10.5. The molecule has 0 aliphatic heterocycles. The van der Waals surface area contributed by atoms with Gasteiger partial charge in [0.05, 0.1) is 6.33 Å². The van der Waals surface area contributed by atoms with Crippen molar-refractivity contribution in [1.82, 2.24) is 9.55 Å². The van der Waals surface area contributed by atoms with Gasteiger partial charge in [-0.25, -0.2) is 4.98 Å². The summed E-state index contributed by atoms with van der Waals surface area (Å²) >= 11 is 3.72. The third kappa shape index (κ3) is 2.75. The number of imidazole rings is 1. The summed E-state index contributed by atoms with van der Waals surface area (Å²) in [4.78, 5) is 3.74. The van der Waals surface area contributed by atoms with Crippen LogP contribution in [0.15, 0.2) is 6.33 Å². The van der Waals surface area contributed by atoms with Crippen LogP contribution in [-0.2, 0) is 6.54 Å². The number of alkyl halides is 3. The first-order valence-electron chi connectivity index (χ1n) is 2.83. The van der Waals surface area contributed by atoms with E-state index in [0.29, 0.717) is 7.40 Å². The van der Waals surface area contributed by atoms with Crippen molar-refractivity contribution in [2.75, 3.05) is 0 Å². The smallest absolute Gasteiger partial charge is 0.316 e. The van der Waals surface area contributed by atoms with Gasteiger partial charge in [-0.2, -0.15) is 13.2 Å². The van der Waals surface area contributed by atoms with E-state index in [0.717, 1.165) is 4.57 Å². The molecule has 0 fully saturated rings. The zero-order valence-electron chi connectivity index (χ0n) is 5.57. The summed E-state index contributed by atoms with van der Waals surface area (Å²) in [5.41, 5.74) is 0. The molecule has 0 bridgehead atoms. The van der Waals surface area contributed by atoms with Crippen molar-refractivity contribution < 1.29 is 13.2 Å². The lowest BCUT2D eigenvalue weighted by Crippen LogP contribution is -2.18. The van der Waals surface area contributed by atoms with Crippen molar-refractivity contribution in [3.8, 4) is 0 Å². The van der Waals surface area contributed by atoms with Crippen molar-refractivity contribution >= 4 is 45.2 Å². The molecule has 1 heterocycles. The molecular formula is C5H3F3I2N2. The van der Waals surface area contributed by atoms with Gasteiger partial charge < -0.3 is 4.57 Å². The van der Waals surface area contributed by atoms with Crippen LogP contribution < -0.4 is 0 Å². The second-order valence-electron chi connectivity index (χ2n) is 2.07. The third-order valence-corrected chi connectivity index (χ3v) is 4.03. The van der Waals surface area contributed by atoms with Gasteiger partial charge in [-0.05, 0) is 45.2 Å². The zero-order chi connectivity index (χ0) is 9.35. The molecule has 0 radical (unpaired) electrons. The largest absolute Gasteiger partial charge is 0.406 e.